The molecule has 0 saturated carbocycles. The molecule has 1 aromatic carbocycles. The molecule has 102 valence electrons. The molecule has 0 bridgehead atoms. The van der Waals surface area contributed by atoms with E-state index in [9.17, 15) is 0 Å². The molecule has 3 nitrogen and oxygen atoms in total. The molecule has 2 heterocycles. The molecule has 2 aromatic heterocycles. The lowest BCUT2D eigenvalue weighted by atomic mass is 10.1. The van der Waals surface area contributed by atoms with Crippen LogP contribution >= 0.6 is 0 Å². The van der Waals surface area contributed by atoms with Gasteiger partial charge in [-0.2, -0.15) is 0 Å². The maximum Gasteiger partial charge on any atom is 0.103 e. The second-order valence-electron chi connectivity index (χ2n) is 5.07. The van der Waals surface area contributed by atoms with Crippen LogP contribution in [0, 0.1) is 0 Å². The van der Waals surface area contributed by atoms with Gasteiger partial charge in [0.15, 0.2) is 0 Å². The quantitative estimate of drug-likeness (QED) is 0.749. The van der Waals surface area contributed by atoms with Crippen LogP contribution in [0.3, 0.4) is 0 Å². The Bertz CT molecular complexity index is 671. The Balaban J connectivity index is 1.69. The maximum atomic E-state index is 5.37. The van der Waals surface area contributed by atoms with Gasteiger partial charge in [-0.05, 0) is 37.6 Å². The van der Waals surface area contributed by atoms with Gasteiger partial charge in [-0.3, -0.25) is 4.98 Å². The maximum absolute atomic E-state index is 5.37. The summed E-state index contributed by atoms with van der Waals surface area (Å²) in [6.07, 6.45) is 7.45. The van der Waals surface area contributed by atoms with Crippen LogP contribution in [-0.4, -0.2) is 11.0 Å². The smallest absolute Gasteiger partial charge is 0.103 e. The summed E-state index contributed by atoms with van der Waals surface area (Å²) in [5, 5.41) is 5.96. The van der Waals surface area contributed by atoms with Crippen molar-refractivity contribution in [1.29, 1.82) is 0 Å². The van der Waals surface area contributed by atoms with Crippen molar-refractivity contribution in [3.05, 3.63) is 60.8 Å². The summed E-state index contributed by atoms with van der Waals surface area (Å²) in [4.78, 5) is 4.16. The number of furan rings is 1. The van der Waals surface area contributed by atoms with Crippen LogP contribution in [0.2, 0.25) is 0 Å². The number of benzene rings is 1. The first kappa shape index (κ1) is 12.7. The molecule has 3 heteroatoms. The monoisotopic (exact) mass is 266 g/mol. The summed E-state index contributed by atoms with van der Waals surface area (Å²) in [7, 11) is 0. The van der Waals surface area contributed by atoms with Gasteiger partial charge in [0.1, 0.15) is 5.76 Å². The van der Waals surface area contributed by atoms with E-state index in [2.05, 4.69) is 41.5 Å². The molecule has 3 aromatic rings. The molecule has 1 N–H and O–H groups in total. The third kappa shape index (κ3) is 2.82. The van der Waals surface area contributed by atoms with Crippen molar-refractivity contribution in [1.82, 2.24) is 4.98 Å². The predicted molar refractivity (Wildman–Crippen MR) is 81.9 cm³/mol. The summed E-state index contributed by atoms with van der Waals surface area (Å²) >= 11 is 0. The van der Waals surface area contributed by atoms with Crippen molar-refractivity contribution >= 4 is 16.5 Å². The number of nitrogens with zero attached hydrogens (tertiary/aromatic N) is 1. The molecule has 0 saturated heterocycles. The lowest BCUT2D eigenvalue weighted by molar-refractivity contribution is 0.495. The number of fused-ring (bicyclic) bond motifs is 1. The van der Waals surface area contributed by atoms with Gasteiger partial charge in [0, 0.05) is 41.3 Å². The first-order chi connectivity index (χ1) is 9.83. The molecule has 0 aliphatic carbocycles. The minimum atomic E-state index is 0.388. The highest BCUT2D eigenvalue weighted by molar-refractivity contribution is 5.93. The van der Waals surface area contributed by atoms with Gasteiger partial charge in [0.2, 0.25) is 0 Å². The third-order valence-electron chi connectivity index (χ3n) is 3.49. The SMILES string of the molecule is CC(CCc1ccco1)Nc1cccc2cnccc12. The second-order valence-corrected chi connectivity index (χ2v) is 5.07. The molecule has 0 amide bonds. The van der Waals surface area contributed by atoms with E-state index in [1.807, 2.05) is 24.5 Å². The number of rotatable bonds is 5. The van der Waals surface area contributed by atoms with Crippen molar-refractivity contribution < 1.29 is 4.42 Å². The van der Waals surface area contributed by atoms with Crippen molar-refractivity contribution in [3.63, 3.8) is 0 Å². The first-order valence-electron chi connectivity index (χ1n) is 6.94. The van der Waals surface area contributed by atoms with E-state index in [-0.39, 0.29) is 0 Å². The molecule has 3 rings (SSSR count). The largest absolute Gasteiger partial charge is 0.469 e. The Morgan fingerprint density at radius 3 is 3.00 bits per heavy atom. The van der Waals surface area contributed by atoms with Gasteiger partial charge in [-0.15, -0.1) is 0 Å². The Labute approximate surface area is 118 Å². The van der Waals surface area contributed by atoms with Crippen LogP contribution in [0.25, 0.3) is 10.8 Å². The zero-order chi connectivity index (χ0) is 13.8. The molecule has 0 aliphatic rings. The molecule has 1 atom stereocenters. The van der Waals surface area contributed by atoms with Gasteiger partial charge in [0.05, 0.1) is 6.26 Å². The average molecular weight is 266 g/mol. The van der Waals surface area contributed by atoms with E-state index in [1.165, 1.54) is 5.39 Å². The Morgan fingerprint density at radius 1 is 1.20 bits per heavy atom. The Hall–Kier alpha value is -2.29. The number of anilines is 1. The van der Waals surface area contributed by atoms with Crippen LogP contribution in [-0.2, 0) is 6.42 Å². The predicted octanol–water partition coefficient (Wildman–Crippen LogP) is 4.26. The number of pyridine rings is 1. The molecule has 0 radical (unpaired) electrons. The van der Waals surface area contributed by atoms with Crippen molar-refractivity contribution in [2.75, 3.05) is 5.32 Å². The van der Waals surface area contributed by atoms with E-state index in [1.54, 1.807) is 6.26 Å². The second kappa shape index (κ2) is 5.78. The topological polar surface area (TPSA) is 38.1 Å². The minimum Gasteiger partial charge on any atom is -0.469 e. The molecular weight excluding hydrogens is 248 g/mol. The van der Waals surface area contributed by atoms with Crippen LogP contribution in [0.15, 0.2) is 59.5 Å². The average Bonchev–Trinajstić information content (AvgIpc) is 2.99. The minimum absolute atomic E-state index is 0.388. The first-order valence-corrected chi connectivity index (χ1v) is 6.94. The number of hydrogen-bond acceptors (Lipinski definition) is 3. The van der Waals surface area contributed by atoms with Crippen LogP contribution in [0.4, 0.5) is 5.69 Å². The highest BCUT2D eigenvalue weighted by atomic mass is 16.3. The van der Waals surface area contributed by atoms with E-state index >= 15 is 0 Å². The van der Waals surface area contributed by atoms with Crippen LogP contribution in [0.5, 0.6) is 0 Å². The number of aromatic nitrogens is 1. The van der Waals surface area contributed by atoms with Gasteiger partial charge >= 0.3 is 0 Å². The van der Waals surface area contributed by atoms with Crippen molar-refractivity contribution in [2.45, 2.75) is 25.8 Å². The molecule has 0 aliphatic heterocycles. The Kier molecular flexibility index (Phi) is 3.68. The van der Waals surface area contributed by atoms with E-state index in [0.29, 0.717) is 6.04 Å². The standard InChI is InChI=1S/C17H18N2O/c1-13(7-8-15-5-3-11-20-15)19-17-6-2-4-14-12-18-10-9-16(14)17/h2-6,9-13,19H,7-8H2,1H3. The van der Waals surface area contributed by atoms with Gasteiger partial charge in [-0.25, -0.2) is 0 Å². The highest BCUT2D eigenvalue weighted by Crippen LogP contribution is 2.23. The summed E-state index contributed by atoms with van der Waals surface area (Å²) in [6.45, 7) is 2.20. The zero-order valence-corrected chi connectivity index (χ0v) is 11.5. The summed E-state index contributed by atoms with van der Waals surface area (Å²) in [6, 6.07) is 12.7. The third-order valence-corrected chi connectivity index (χ3v) is 3.49. The fourth-order valence-electron chi connectivity index (χ4n) is 2.40. The van der Waals surface area contributed by atoms with E-state index in [4.69, 9.17) is 4.42 Å². The lowest BCUT2D eigenvalue weighted by Gasteiger charge is -2.16. The molecule has 0 fully saturated rings. The van der Waals surface area contributed by atoms with Gasteiger partial charge in [-0.1, -0.05) is 12.1 Å². The van der Waals surface area contributed by atoms with Gasteiger partial charge in [0.25, 0.3) is 0 Å². The van der Waals surface area contributed by atoms with Gasteiger partial charge < -0.3 is 9.73 Å². The Morgan fingerprint density at radius 2 is 2.15 bits per heavy atom. The van der Waals surface area contributed by atoms with Crippen LogP contribution < -0.4 is 5.32 Å². The molecule has 1 unspecified atom stereocenters. The normalized spacial score (nSPS) is 12.4. The summed E-state index contributed by atoms with van der Waals surface area (Å²) in [5.74, 6) is 1.04. The molecule has 20 heavy (non-hydrogen) atoms. The number of aryl methyl sites for hydroxylation is 1. The number of hydrogen-bond donors (Lipinski definition) is 1. The summed E-state index contributed by atoms with van der Waals surface area (Å²) in [5.41, 5.74) is 1.16. The molecular formula is C17H18N2O. The van der Waals surface area contributed by atoms with E-state index < -0.39 is 0 Å². The van der Waals surface area contributed by atoms with E-state index in [0.717, 1.165) is 29.7 Å². The van der Waals surface area contributed by atoms with Crippen molar-refractivity contribution in [2.24, 2.45) is 0 Å². The molecule has 0 spiro atoms. The summed E-state index contributed by atoms with van der Waals surface area (Å²) < 4.78 is 5.37. The zero-order valence-electron chi connectivity index (χ0n) is 11.5. The fourth-order valence-corrected chi connectivity index (χ4v) is 2.40. The number of nitrogens with one attached hydrogen (secondary N) is 1. The fraction of sp³-hybridized carbons (Fsp3) is 0.235. The van der Waals surface area contributed by atoms with Crippen LogP contribution in [0.1, 0.15) is 19.1 Å². The highest BCUT2D eigenvalue weighted by Gasteiger charge is 2.06. The van der Waals surface area contributed by atoms with Crippen molar-refractivity contribution in [3.8, 4) is 0 Å². The lowest BCUT2D eigenvalue weighted by Crippen LogP contribution is -2.16.